The molecule has 0 saturated heterocycles. The molecule has 0 bridgehead atoms. The molecule has 2 aromatic carbocycles. The van der Waals surface area contributed by atoms with E-state index >= 15 is 0 Å². The van der Waals surface area contributed by atoms with E-state index in [-0.39, 0.29) is 0 Å². The van der Waals surface area contributed by atoms with Crippen LogP contribution in [-0.2, 0) is 6.42 Å². The van der Waals surface area contributed by atoms with Gasteiger partial charge in [-0.05, 0) is 43.1 Å². The fourth-order valence-electron chi connectivity index (χ4n) is 2.02. The van der Waals surface area contributed by atoms with Crippen molar-refractivity contribution in [2.45, 2.75) is 19.4 Å². The molecule has 0 aromatic heterocycles. The van der Waals surface area contributed by atoms with Gasteiger partial charge in [0.1, 0.15) is 0 Å². The van der Waals surface area contributed by atoms with Gasteiger partial charge >= 0.3 is 0 Å². The highest BCUT2D eigenvalue weighted by molar-refractivity contribution is 5.31. The number of hydrogen-bond donors (Lipinski definition) is 1. The molecule has 1 heterocycles. The molecule has 1 heteroatoms. The van der Waals surface area contributed by atoms with Gasteiger partial charge in [-0.1, -0.05) is 48.5 Å². The number of benzene rings is 1. The molecule has 1 aliphatic heterocycles. The number of hydrogen-bond acceptors (Lipinski definition) is 1. The highest BCUT2D eigenvalue weighted by atomic mass is 14.9. The van der Waals surface area contributed by atoms with Gasteiger partial charge in [0.05, 0.1) is 0 Å². The first-order chi connectivity index (χ1) is 8.38. The van der Waals surface area contributed by atoms with E-state index in [0.717, 1.165) is 6.54 Å². The summed E-state index contributed by atoms with van der Waals surface area (Å²) in [5.41, 5.74) is 2.98. The average Bonchev–Trinajstić information content (AvgIpc) is 2.42. The predicted molar refractivity (Wildman–Crippen MR) is 70.7 cm³/mol. The van der Waals surface area contributed by atoms with E-state index in [9.17, 15) is 0 Å². The standard InChI is InChI=1S/C10H13N.C6H4/c1-8-10-5-3-2-4-9(10)6-7-11-8;1-2-4-6-5-3-1/h2-5,8,11H,6-7H2,1H3;1-4H. The Bertz CT molecular complexity index is 410. The summed E-state index contributed by atoms with van der Waals surface area (Å²) < 4.78 is 0. The van der Waals surface area contributed by atoms with Crippen LogP contribution in [0.15, 0.2) is 48.5 Å². The van der Waals surface area contributed by atoms with Crippen molar-refractivity contribution in [1.82, 2.24) is 5.32 Å². The fraction of sp³-hybridized carbons (Fsp3) is 0.250. The average molecular weight is 223 g/mol. The van der Waals surface area contributed by atoms with Gasteiger partial charge in [-0.3, -0.25) is 0 Å². The van der Waals surface area contributed by atoms with E-state index in [1.165, 1.54) is 17.5 Å². The third-order valence-electron chi connectivity index (χ3n) is 2.92. The van der Waals surface area contributed by atoms with Crippen molar-refractivity contribution in [2.75, 3.05) is 6.54 Å². The highest BCUT2D eigenvalue weighted by Gasteiger charge is 2.13. The van der Waals surface area contributed by atoms with Crippen LogP contribution in [0.25, 0.3) is 0 Å². The van der Waals surface area contributed by atoms with Crippen LogP contribution >= 0.6 is 0 Å². The van der Waals surface area contributed by atoms with Gasteiger partial charge in [0.2, 0.25) is 0 Å². The molecule has 1 aliphatic rings. The Balaban J connectivity index is 0.000000153. The SMILES string of the molecule is CC1NCCc2ccccc21.c1ccccc#1. The second-order valence-corrected chi connectivity index (χ2v) is 4.13. The van der Waals surface area contributed by atoms with Gasteiger partial charge in [0, 0.05) is 6.04 Å². The summed E-state index contributed by atoms with van der Waals surface area (Å²) >= 11 is 0. The van der Waals surface area contributed by atoms with Crippen molar-refractivity contribution >= 4 is 0 Å². The molecule has 17 heavy (non-hydrogen) atoms. The van der Waals surface area contributed by atoms with E-state index in [2.05, 4.69) is 48.6 Å². The summed E-state index contributed by atoms with van der Waals surface area (Å²) in [5, 5.41) is 3.44. The van der Waals surface area contributed by atoms with E-state index in [1.54, 1.807) is 0 Å². The summed E-state index contributed by atoms with van der Waals surface area (Å²) in [6.45, 7) is 3.34. The zero-order chi connectivity index (χ0) is 11.9. The number of nitrogens with one attached hydrogen (secondary N) is 1. The topological polar surface area (TPSA) is 12.0 Å². The molecule has 0 spiro atoms. The maximum absolute atomic E-state index is 3.44. The molecule has 0 amide bonds. The predicted octanol–water partition coefficient (Wildman–Crippen LogP) is 3.18. The molecule has 0 saturated carbocycles. The van der Waals surface area contributed by atoms with Crippen molar-refractivity contribution in [3.8, 4) is 0 Å². The molecule has 1 atom stereocenters. The zero-order valence-corrected chi connectivity index (χ0v) is 10.1. The third-order valence-corrected chi connectivity index (χ3v) is 2.92. The molecule has 0 aliphatic carbocycles. The van der Waals surface area contributed by atoms with Gasteiger partial charge in [-0.25, -0.2) is 0 Å². The van der Waals surface area contributed by atoms with Crippen molar-refractivity contribution in [2.24, 2.45) is 0 Å². The zero-order valence-electron chi connectivity index (χ0n) is 10.1. The van der Waals surface area contributed by atoms with Crippen LogP contribution in [0.2, 0.25) is 0 Å². The second kappa shape index (κ2) is 6.08. The lowest BCUT2D eigenvalue weighted by atomic mass is 9.96. The third kappa shape index (κ3) is 3.34. The van der Waals surface area contributed by atoms with E-state index < -0.39 is 0 Å². The minimum Gasteiger partial charge on any atom is -0.310 e. The van der Waals surface area contributed by atoms with Crippen LogP contribution in [0.5, 0.6) is 0 Å². The monoisotopic (exact) mass is 223 g/mol. The van der Waals surface area contributed by atoms with Crippen molar-refractivity contribution in [3.63, 3.8) is 0 Å². The molecular weight excluding hydrogens is 206 g/mol. The Labute approximate surface area is 103 Å². The Morgan fingerprint density at radius 3 is 2.35 bits per heavy atom. The molecule has 2 aromatic rings. The number of fused-ring (bicyclic) bond motifs is 1. The van der Waals surface area contributed by atoms with Crippen LogP contribution in [-0.4, -0.2) is 6.54 Å². The van der Waals surface area contributed by atoms with E-state index in [4.69, 9.17) is 0 Å². The van der Waals surface area contributed by atoms with Crippen molar-refractivity contribution < 1.29 is 0 Å². The van der Waals surface area contributed by atoms with Crippen LogP contribution in [0, 0.1) is 12.1 Å². The molecule has 1 nitrogen and oxygen atoms in total. The van der Waals surface area contributed by atoms with Gasteiger partial charge in [-0.2, -0.15) is 0 Å². The largest absolute Gasteiger partial charge is 0.310 e. The highest BCUT2D eigenvalue weighted by Crippen LogP contribution is 2.21. The Morgan fingerprint density at radius 2 is 1.76 bits per heavy atom. The van der Waals surface area contributed by atoms with Gasteiger partial charge in [0.25, 0.3) is 0 Å². The molecule has 86 valence electrons. The Hall–Kier alpha value is -1.78. The molecule has 0 fully saturated rings. The van der Waals surface area contributed by atoms with Gasteiger partial charge in [0.15, 0.2) is 0 Å². The van der Waals surface area contributed by atoms with Gasteiger partial charge in [-0.15, -0.1) is 0 Å². The van der Waals surface area contributed by atoms with Crippen LogP contribution in [0.4, 0.5) is 0 Å². The molecule has 0 radical (unpaired) electrons. The number of rotatable bonds is 0. The summed E-state index contributed by atoms with van der Waals surface area (Å²) in [6, 6.07) is 22.2. The fourth-order valence-corrected chi connectivity index (χ4v) is 2.02. The lowest BCUT2D eigenvalue weighted by Gasteiger charge is -2.23. The molecule has 3 rings (SSSR count). The van der Waals surface area contributed by atoms with Crippen LogP contribution < -0.4 is 5.32 Å². The first-order valence-corrected chi connectivity index (χ1v) is 6.02. The van der Waals surface area contributed by atoms with Crippen LogP contribution in [0.1, 0.15) is 24.1 Å². The van der Waals surface area contributed by atoms with Crippen molar-refractivity contribution in [3.05, 3.63) is 71.8 Å². The summed E-state index contributed by atoms with van der Waals surface area (Å²) in [5.74, 6) is 0. The van der Waals surface area contributed by atoms with E-state index in [0.29, 0.717) is 6.04 Å². The second-order valence-electron chi connectivity index (χ2n) is 4.13. The first-order valence-electron chi connectivity index (χ1n) is 6.02. The Morgan fingerprint density at radius 1 is 1.06 bits per heavy atom. The lowest BCUT2D eigenvalue weighted by molar-refractivity contribution is 0.541. The smallest absolute Gasteiger partial charge is 0.0294 e. The quantitative estimate of drug-likeness (QED) is 0.723. The molecule has 1 N–H and O–H groups in total. The lowest BCUT2D eigenvalue weighted by Crippen LogP contribution is -2.27. The van der Waals surface area contributed by atoms with Crippen molar-refractivity contribution in [1.29, 1.82) is 0 Å². The summed E-state index contributed by atoms with van der Waals surface area (Å²) in [4.78, 5) is 0. The molecule has 1 unspecified atom stereocenters. The first kappa shape index (κ1) is 11.7. The minimum absolute atomic E-state index is 0.542. The van der Waals surface area contributed by atoms with E-state index in [1.807, 2.05) is 24.3 Å². The van der Waals surface area contributed by atoms with Crippen LogP contribution in [0.3, 0.4) is 0 Å². The Kier molecular flexibility index (Phi) is 4.18. The maximum atomic E-state index is 3.44. The molecular formula is C16H17N. The summed E-state index contributed by atoms with van der Waals surface area (Å²) in [6.07, 6.45) is 1.18. The minimum atomic E-state index is 0.542. The summed E-state index contributed by atoms with van der Waals surface area (Å²) in [7, 11) is 0. The van der Waals surface area contributed by atoms with Gasteiger partial charge < -0.3 is 5.32 Å². The normalized spacial score (nSPS) is 17.1. The maximum Gasteiger partial charge on any atom is 0.0294 e.